The van der Waals surface area contributed by atoms with Crippen molar-refractivity contribution in [3.63, 3.8) is 0 Å². The van der Waals surface area contributed by atoms with Crippen LogP contribution in [0, 0.1) is 11.3 Å². The minimum absolute atomic E-state index is 0.0423. The highest BCUT2D eigenvalue weighted by molar-refractivity contribution is 5.33. The number of benzene rings is 2. The van der Waals surface area contributed by atoms with Crippen LogP contribution in [0.4, 0.5) is 8.78 Å². The third-order valence-corrected chi connectivity index (χ3v) is 3.37. The number of nitrogens with zero attached hydrogens (tertiary/aromatic N) is 1. The molecule has 2 aromatic rings. The van der Waals surface area contributed by atoms with E-state index in [0.29, 0.717) is 5.56 Å². The highest BCUT2D eigenvalue weighted by Gasteiger charge is 2.33. The number of alkyl halides is 2. The Kier molecular flexibility index (Phi) is 4.14. The van der Waals surface area contributed by atoms with Gasteiger partial charge in [0.15, 0.2) is 0 Å². The van der Waals surface area contributed by atoms with Crippen LogP contribution < -0.4 is 0 Å². The molecule has 0 amide bonds. The lowest BCUT2D eigenvalue weighted by Crippen LogP contribution is -2.16. The van der Waals surface area contributed by atoms with Crippen molar-refractivity contribution in [3.8, 4) is 6.07 Å². The van der Waals surface area contributed by atoms with Crippen molar-refractivity contribution in [2.75, 3.05) is 0 Å². The lowest BCUT2D eigenvalue weighted by atomic mass is 9.91. The van der Waals surface area contributed by atoms with Crippen LogP contribution in [0.5, 0.6) is 0 Å². The molecule has 0 aliphatic heterocycles. The highest BCUT2D eigenvalue weighted by atomic mass is 19.3. The van der Waals surface area contributed by atoms with E-state index >= 15 is 0 Å². The van der Waals surface area contributed by atoms with Gasteiger partial charge in [0.05, 0.1) is 11.6 Å². The van der Waals surface area contributed by atoms with Gasteiger partial charge < -0.3 is 0 Å². The predicted molar refractivity (Wildman–Crippen MR) is 74.5 cm³/mol. The van der Waals surface area contributed by atoms with E-state index < -0.39 is 5.92 Å². The normalized spacial score (nSPS) is 12.7. The minimum Gasteiger partial charge on any atom is -0.201 e. The highest BCUT2D eigenvalue weighted by Crippen LogP contribution is 2.37. The Morgan fingerprint density at radius 1 is 1.05 bits per heavy atom. The molecular weight excluding hydrogens is 256 g/mol. The Morgan fingerprint density at radius 2 is 1.65 bits per heavy atom. The molecule has 1 atom stereocenters. The number of hydrogen-bond acceptors (Lipinski definition) is 1. The van der Waals surface area contributed by atoms with Crippen molar-refractivity contribution in [2.45, 2.75) is 25.2 Å². The van der Waals surface area contributed by atoms with Crippen molar-refractivity contribution in [3.05, 3.63) is 71.3 Å². The van der Waals surface area contributed by atoms with Crippen molar-refractivity contribution in [2.24, 2.45) is 0 Å². The quantitative estimate of drug-likeness (QED) is 0.780. The first-order valence-electron chi connectivity index (χ1n) is 6.46. The molecule has 20 heavy (non-hydrogen) atoms. The molecule has 0 heterocycles. The van der Waals surface area contributed by atoms with Crippen LogP contribution in [-0.2, 0) is 5.92 Å². The average Bonchev–Trinajstić information content (AvgIpc) is 2.48. The number of rotatable bonds is 4. The zero-order chi connectivity index (χ0) is 14.6. The maximum Gasteiger partial charge on any atom is 0.273 e. The third-order valence-electron chi connectivity index (χ3n) is 3.37. The second kappa shape index (κ2) is 5.83. The summed E-state index contributed by atoms with van der Waals surface area (Å²) in [6.07, 6.45) is -0.247. The van der Waals surface area contributed by atoms with Gasteiger partial charge >= 0.3 is 0 Å². The van der Waals surface area contributed by atoms with E-state index in [2.05, 4.69) is 0 Å². The van der Waals surface area contributed by atoms with Gasteiger partial charge in [-0.1, -0.05) is 49.4 Å². The fourth-order valence-corrected chi connectivity index (χ4v) is 2.19. The van der Waals surface area contributed by atoms with E-state index in [1.54, 1.807) is 6.92 Å². The molecule has 0 aliphatic carbocycles. The summed E-state index contributed by atoms with van der Waals surface area (Å²) in [6.45, 7) is 1.80. The average molecular weight is 271 g/mol. The van der Waals surface area contributed by atoms with Crippen LogP contribution in [0.1, 0.15) is 36.0 Å². The van der Waals surface area contributed by atoms with Gasteiger partial charge in [-0.15, -0.1) is 0 Å². The summed E-state index contributed by atoms with van der Waals surface area (Å²) in [5.41, 5.74) is 1.25. The molecule has 0 aromatic heterocycles. The van der Waals surface area contributed by atoms with Crippen molar-refractivity contribution < 1.29 is 8.78 Å². The molecule has 102 valence electrons. The maximum atomic E-state index is 14.2. The van der Waals surface area contributed by atoms with Gasteiger partial charge in [0.2, 0.25) is 0 Å². The van der Waals surface area contributed by atoms with Crippen LogP contribution in [0.15, 0.2) is 54.6 Å². The molecule has 0 spiro atoms. The zero-order valence-corrected chi connectivity index (χ0v) is 11.2. The molecule has 3 heteroatoms. The van der Waals surface area contributed by atoms with E-state index in [1.807, 2.05) is 36.4 Å². The fraction of sp³-hybridized carbons (Fsp3) is 0.235. The molecule has 0 aliphatic rings. The smallest absolute Gasteiger partial charge is 0.201 e. The molecular formula is C17H15F2N. The van der Waals surface area contributed by atoms with Gasteiger partial charge in [0.25, 0.3) is 5.92 Å². The summed E-state index contributed by atoms with van der Waals surface area (Å²) in [5, 5.41) is 8.69. The van der Waals surface area contributed by atoms with Gasteiger partial charge in [-0.05, 0) is 23.6 Å². The zero-order valence-electron chi connectivity index (χ0n) is 11.2. The lowest BCUT2D eigenvalue weighted by molar-refractivity contribution is -0.0189. The molecule has 0 N–H and O–H groups in total. The molecule has 0 radical (unpaired) electrons. The molecule has 0 saturated carbocycles. The second-order valence-electron chi connectivity index (χ2n) is 4.91. The van der Waals surface area contributed by atoms with Crippen LogP contribution in [-0.4, -0.2) is 0 Å². The Balaban J connectivity index is 2.16. The fourth-order valence-electron chi connectivity index (χ4n) is 2.19. The number of hydrogen-bond donors (Lipinski definition) is 0. The van der Waals surface area contributed by atoms with E-state index in [-0.39, 0.29) is 17.9 Å². The van der Waals surface area contributed by atoms with Crippen LogP contribution in [0.25, 0.3) is 0 Å². The van der Waals surface area contributed by atoms with Crippen molar-refractivity contribution in [1.82, 2.24) is 0 Å². The number of halogens is 2. The first-order chi connectivity index (χ1) is 9.53. The van der Waals surface area contributed by atoms with Gasteiger partial charge in [-0.3, -0.25) is 0 Å². The third kappa shape index (κ3) is 3.21. The number of nitriles is 1. The Bertz CT molecular complexity index is 597. The first-order valence-corrected chi connectivity index (χ1v) is 6.46. The SMILES string of the molecule is CC(CC(F)(F)c1ccc(C#N)cc1)c1ccccc1. The Labute approximate surface area is 117 Å². The topological polar surface area (TPSA) is 23.8 Å². The van der Waals surface area contributed by atoms with Crippen LogP contribution >= 0.6 is 0 Å². The predicted octanol–water partition coefficient (Wildman–Crippen LogP) is 4.84. The second-order valence-corrected chi connectivity index (χ2v) is 4.91. The summed E-state index contributed by atoms with van der Waals surface area (Å²) >= 11 is 0. The Hall–Kier alpha value is -2.21. The van der Waals surface area contributed by atoms with E-state index in [9.17, 15) is 8.78 Å². The summed E-state index contributed by atoms with van der Waals surface area (Å²) in [4.78, 5) is 0. The molecule has 1 unspecified atom stereocenters. The molecule has 2 aromatic carbocycles. The summed E-state index contributed by atoms with van der Waals surface area (Å²) in [7, 11) is 0. The molecule has 0 bridgehead atoms. The van der Waals surface area contributed by atoms with Gasteiger partial charge in [0, 0.05) is 12.0 Å². The minimum atomic E-state index is -2.90. The van der Waals surface area contributed by atoms with Crippen LogP contribution in [0.3, 0.4) is 0 Å². The molecule has 0 fully saturated rings. The van der Waals surface area contributed by atoms with Crippen molar-refractivity contribution in [1.29, 1.82) is 5.26 Å². The monoisotopic (exact) mass is 271 g/mol. The van der Waals surface area contributed by atoms with E-state index in [0.717, 1.165) is 5.56 Å². The summed E-state index contributed by atoms with van der Waals surface area (Å²) in [5.74, 6) is -3.13. The lowest BCUT2D eigenvalue weighted by Gasteiger charge is -2.21. The summed E-state index contributed by atoms with van der Waals surface area (Å²) < 4.78 is 28.5. The van der Waals surface area contributed by atoms with Gasteiger partial charge in [-0.25, -0.2) is 8.78 Å². The molecule has 1 nitrogen and oxygen atoms in total. The largest absolute Gasteiger partial charge is 0.273 e. The summed E-state index contributed by atoms with van der Waals surface area (Å²) in [6, 6.07) is 16.7. The standard InChI is InChI=1S/C17H15F2N/c1-13(15-5-3-2-4-6-15)11-17(18,19)16-9-7-14(12-20)8-10-16/h2-10,13H,11H2,1H3. The maximum absolute atomic E-state index is 14.2. The molecule has 0 saturated heterocycles. The van der Waals surface area contributed by atoms with Gasteiger partial charge in [0.1, 0.15) is 0 Å². The van der Waals surface area contributed by atoms with Crippen LogP contribution in [0.2, 0.25) is 0 Å². The van der Waals surface area contributed by atoms with Crippen molar-refractivity contribution >= 4 is 0 Å². The Morgan fingerprint density at radius 3 is 2.20 bits per heavy atom. The molecule has 2 rings (SSSR count). The first kappa shape index (κ1) is 14.2. The van der Waals surface area contributed by atoms with E-state index in [4.69, 9.17) is 5.26 Å². The van der Waals surface area contributed by atoms with Gasteiger partial charge in [-0.2, -0.15) is 5.26 Å². The van der Waals surface area contributed by atoms with E-state index in [1.165, 1.54) is 24.3 Å².